The summed E-state index contributed by atoms with van der Waals surface area (Å²) in [5, 5.41) is 0. The zero-order valence-corrected chi connectivity index (χ0v) is 26.5. The van der Waals surface area contributed by atoms with Gasteiger partial charge in [0.2, 0.25) is 0 Å². The maximum absolute atomic E-state index is 13.8. The molecule has 0 aliphatic heterocycles. The first-order valence-corrected chi connectivity index (χ1v) is 17.8. The lowest BCUT2D eigenvalue weighted by Crippen LogP contribution is -2.43. The van der Waals surface area contributed by atoms with Gasteiger partial charge in [-0.15, -0.1) is 0 Å². The molecule has 5 atom stereocenters. The molecule has 1 aromatic rings. The van der Waals surface area contributed by atoms with Gasteiger partial charge in [0.25, 0.3) is 10.1 Å². The van der Waals surface area contributed by atoms with Crippen LogP contribution in [0.5, 0.6) is 0 Å². The molecule has 41 heavy (non-hydrogen) atoms. The van der Waals surface area contributed by atoms with E-state index in [0.29, 0.717) is 24.0 Å². The van der Waals surface area contributed by atoms with Crippen LogP contribution in [0.15, 0.2) is 35.4 Å². The molecule has 1 aromatic carbocycles. The highest BCUT2D eigenvalue weighted by Crippen LogP contribution is 2.67. The van der Waals surface area contributed by atoms with E-state index in [9.17, 15) is 26.8 Å². The molecule has 4 saturated carbocycles. The maximum atomic E-state index is 13.8. The topological polar surface area (TPSA) is 115 Å². The van der Waals surface area contributed by atoms with E-state index in [-0.39, 0.29) is 34.9 Å². The third-order valence-electron chi connectivity index (χ3n) is 10.9. The van der Waals surface area contributed by atoms with Gasteiger partial charge in [-0.2, -0.15) is 8.42 Å². The van der Waals surface area contributed by atoms with Crippen molar-refractivity contribution >= 4 is 49.5 Å². The summed E-state index contributed by atoms with van der Waals surface area (Å²) in [4.78, 5) is 27.4. The van der Waals surface area contributed by atoms with Crippen molar-refractivity contribution in [1.29, 1.82) is 0 Å². The average molecular weight is 603 g/mol. The molecule has 1 N–H and O–H groups in total. The second kappa shape index (κ2) is 9.46. The summed E-state index contributed by atoms with van der Waals surface area (Å²) in [5.74, 6) is 2.81. The van der Waals surface area contributed by atoms with Crippen LogP contribution >= 0.6 is 0 Å². The Kier molecular flexibility index (Phi) is 7.02. The second-order valence-electron chi connectivity index (χ2n) is 14.1. The van der Waals surface area contributed by atoms with Crippen LogP contribution in [0.3, 0.4) is 0 Å². The number of hydrogen-bond acceptors (Lipinski definition) is 6. The van der Waals surface area contributed by atoms with Crippen LogP contribution in [0.2, 0.25) is 0 Å². The van der Waals surface area contributed by atoms with Gasteiger partial charge < -0.3 is 4.55 Å². The van der Waals surface area contributed by atoms with Crippen molar-refractivity contribution in [3.8, 4) is 0 Å². The molecular formula is C32H42O7S2. The van der Waals surface area contributed by atoms with E-state index in [1.165, 1.54) is 0 Å². The Labute approximate surface area is 244 Å². The van der Waals surface area contributed by atoms with Gasteiger partial charge in [0, 0.05) is 11.1 Å². The number of fused-ring (bicyclic) bond motifs is 4. The summed E-state index contributed by atoms with van der Waals surface area (Å²) in [6, 6.07) is 7.64. The van der Waals surface area contributed by atoms with Gasteiger partial charge in [0.15, 0.2) is 11.6 Å². The highest BCUT2D eigenvalue weighted by atomic mass is 32.2. The fraction of sp³-hybridized carbons (Fsp3) is 0.594. The van der Waals surface area contributed by atoms with E-state index in [1.807, 2.05) is 64.1 Å². The first-order chi connectivity index (χ1) is 18.8. The highest BCUT2D eigenvalue weighted by molar-refractivity contribution is 7.95. The monoisotopic (exact) mass is 602 g/mol. The number of allylic oxidation sites excluding steroid dienone is 2. The quantitative estimate of drug-likeness (QED) is 0.240. The van der Waals surface area contributed by atoms with Gasteiger partial charge in [-0.1, -0.05) is 52.0 Å². The summed E-state index contributed by atoms with van der Waals surface area (Å²) in [6.07, 6.45) is 5.97. The van der Waals surface area contributed by atoms with Crippen molar-refractivity contribution in [1.82, 2.24) is 0 Å². The lowest BCUT2D eigenvalue weighted by atomic mass is 9.70. The van der Waals surface area contributed by atoms with Crippen LogP contribution < -0.4 is 0 Å². The normalized spacial score (nSPS) is 35.2. The Morgan fingerprint density at radius 3 is 1.61 bits per heavy atom. The molecule has 0 heterocycles. The SMILES string of the molecule is C=S(=O)(O)CC12CCC(/C(=C\c3ccc(/C=C4/C(=O)C5(CS(=O)(=O)OC(C)C)CCC4C5(C)C)cc3)C1=O)C2(C)C. The molecule has 0 aromatic heterocycles. The number of rotatable bonds is 8. The van der Waals surface area contributed by atoms with Crippen molar-refractivity contribution < 1.29 is 31.0 Å². The molecule has 7 nitrogen and oxygen atoms in total. The van der Waals surface area contributed by atoms with Gasteiger partial charge in [0.05, 0.1) is 38.2 Å². The minimum Gasteiger partial charge on any atom is -0.314 e. The number of carbonyl (C=O) groups excluding carboxylic acids is 2. The molecule has 4 bridgehead atoms. The number of Topliss-reactive ketones (excluding diaryl/α,β-unsaturated/α-hetero) is 2. The predicted molar refractivity (Wildman–Crippen MR) is 163 cm³/mol. The summed E-state index contributed by atoms with van der Waals surface area (Å²) < 4.78 is 53.1. The molecule has 224 valence electrons. The van der Waals surface area contributed by atoms with Crippen molar-refractivity contribution in [2.24, 2.45) is 33.5 Å². The molecule has 0 spiro atoms. The Bertz CT molecular complexity index is 1580. The third-order valence-corrected chi connectivity index (χ3v) is 13.4. The molecule has 0 saturated heterocycles. The summed E-state index contributed by atoms with van der Waals surface area (Å²) in [6.45, 7) is 11.4. The van der Waals surface area contributed by atoms with Crippen LogP contribution in [-0.4, -0.2) is 52.2 Å². The minimum atomic E-state index is -3.87. The molecule has 5 rings (SSSR count). The summed E-state index contributed by atoms with van der Waals surface area (Å²) in [5.41, 5.74) is 0.239. The lowest BCUT2D eigenvalue weighted by molar-refractivity contribution is -0.125. The Morgan fingerprint density at radius 2 is 1.24 bits per heavy atom. The minimum absolute atomic E-state index is 0.0135. The first-order valence-electron chi connectivity index (χ1n) is 14.4. The van der Waals surface area contributed by atoms with E-state index in [4.69, 9.17) is 4.18 Å². The van der Waals surface area contributed by atoms with Gasteiger partial charge in [0.1, 0.15) is 0 Å². The van der Waals surface area contributed by atoms with E-state index in [0.717, 1.165) is 24.0 Å². The summed E-state index contributed by atoms with van der Waals surface area (Å²) in [7, 11) is -7.20. The van der Waals surface area contributed by atoms with Crippen molar-refractivity contribution in [2.45, 2.75) is 73.3 Å². The largest absolute Gasteiger partial charge is 0.314 e. The molecule has 9 heteroatoms. The van der Waals surface area contributed by atoms with Crippen LogP contribution in [0.1, 0.15) is 78.4 Å². The Morgan fingerprint density at radius 1 is 0.854 bits per heavy atom. The van der Waals surface area contributed by atoms with Crippen LogP contribution in [0.4, 0.5) is 0 Å². The zero-order valence-electron chi connectivity index (χ0n) is 24.9. The standard InChI is InChI=1S/C32H42O7S2/c1-20(2)39-41(37,38)19-32-15-13-26(30(32,5)6)24(28(32)34)17-22-10-8-21(9-11-22)16-23-25-12-14-31(27(23)33,29(25,3)4)18-40(7,35)36/h8-11,16-17,20,25-26H,7,12-15,18-19H2,1-6H3,(H,35,36)/b23-16+,24-17+. The number of hydrogen-bond donors (Lipinski definition) is 1. The molecule has 4 aliphatic rings. The van der Waals surface area contributed by atoms with E-state index >= 15 is 0 Å². The average Bonchev–Trinajstić information content (AvgIpc) is 3.32. The Hall–Kier alpha value is -2.07. The molecule has 0 radical (unpaired) electrons. The van der Waals surface area contributed by atoms with Crippen LogP contribution in [0, 0.1) is 33.5 Å². The third kappa shape index (κ3) is 4.62. The van der Waals surface area contributed by atoms with E-state index in [1.54, 1.807) is 13.8 Å². The number of benzene rings is 1. The molecule has 4 aliphatic carbocycles. The fourth-order valence-corrected chi connectivity index (χ4v) is 11.9. The highest BCUT2D eigenvalue weighted by Gasteiger charge is 2.68. The summed E-state index contributed by atoms with van der Waals surface area (Å²) >= 11 is 0. The predicted octanol–water partition coefficient (Wildman–Crippen LogP) is 5.41. The van der Waals surface area contributed by atoms with Gasteiger partial charge >= 0.3 is 0 Å². The van der Waals surface area contributed by atoms with Crippen molar-refractivity contribution in [3.05, 3.63) is 46.5 Å². The van der Waals surface area contributed by atoms with Gasteiger partial charge in [-0.25, -0.2) is 4.21 Å². The Balaban J connectivity index is 1.42. The van der Waals surface area contributed by atoms with E-state index < -0.39 is 47.7 Å². The first kappa shape index (κ1) is 30.4. The van der Waals surface area contributed by atoms with E-state index in [2.05, 4.69) is 5.87 Å². The maximum Gasteiger partial charge on any atom is 0.268 e. The number of ketones is 2. The van der Waals surface area contributed by atoms with Crippen molar-refractivity contribution in [3.63, 3.8) is 0 Å². The van der Waals surface area contributed by atoms with Crippen molar-refractivity contribution in [2.75, 3.05) is 11.5 Å². The fourth-order valence-electron chi connectivity index (χ4n) is 8.63. The van der Waals surface area contributed by atoms with Crippen LogP contribution in [0.25, 0.3) is 12.2 Å². The van der Waals surface area contributed by atoms with Gasteiger partial charge in [-0.05, 0) is 91.3 Å². The molecule has 4 fully saturated rings. The van der Waals surface area contributed by atoms with Gasteiger partial charge in [-0.3, -0.25) is 13.8 Å². The number of carbonyl (C=O) groups is 2. The van der Waals surface area contributed by atoms with Crippen LogP contribution in [-0.2, 0) is 33.7 Å². The zero-order chi connectivity index (χ0) is 30.4. The lowest BCUT2D eigenvalue weighted by Gasteiger charge is -2.35. The second-order valence-corrected chi connectivity index (χ2v) is 17.5. The smallest absolute Gasteiger partial charge is 0.268 e. The molecule has 0 amide bonds. The molecular weight excluding hydrogens is 560 g/mol. The molecule has 5 unspecified atom stereocenters.